The Morgan fingerprint density at radius 1 is 1.17 bits per heavy atom. The molecule has 30 heavy (non-hydrogen) atoms. The van der Waals surface area contributed by atoms with E-state index in [4.69, 9.17) is 4.74 Å². The third-order valence-corrected chi connectivity index (χ3v) is 7.14. The van der Waals surface area contributed by atoms with Crippen molar-refractivity contribution in [2.24, 2.45) is 11.8 Å². The van der Waals surface area contributed by atoms with Crippen molar-refractivity contribution in [2.75, 3.05) is 13.1 Å². The molecule has 4 heteroatoms. The lowest BCUT2D eigenvalue weighted by Crippen LogP contribution is -2.55. The molecule has 156 valence electrons. The average molecular weight is 403 g/mol. The summed E-state index contributed by atoms with van der Waals surface area (Å²) in [4.78, 5) is 7.04. The van der Waals surface area contributed by atoms with Gasteiger partial charge in [0.15, 0.2) is 0 Å². The van der Waals surface area contributed by atoms with Crippen LogP contribution in [0.1, 0.15) is 43.4 Å². The van der Waals surface area contributed by atoms with E-state index in [2.05, 4.69) is 28.9 Å². The minimum atomic E-state index is -0.500. The molecule has 4 heterocycles. The first-order chi connectivity index (χ1) is 14.7. The van der Waals surface area contributed by atoms with Crippen molar-refractivity contribution in [2.45, 2.75) is 44.9 Å². The SMILES string of the molecule is CC[C@H]1CN2CC[C@H]1C[C@H]2[C@H](O)c1ccnc2ccc(OCc3ccccc3)cc12. The zero-order chi connectivity index (χ0) is 20.5. The molecule has 0 spiro atoms. The summed E-state index contributed by atoms with van der Waals surface area (Å²) < 4.78 is 6.04. The van der Waals surface area contributed by atoms with E-state index >= 15 is 0 Å². The van der Waals surface area contributed by atoms with Crippen LogP contribution in [0, 0.1) is 11.8 Å². The van der Waals surface area contributed by atoms with E-state index in [9.17, 15) is 5.11 Å². The van der Waals surface area contributed by atoms with Gasteiger partial charge in [-0.2, -0.15) is 0 Å². The Morgan fingerprint density at radius 2 is 2.03 bits per heavy atom. The topological polar surface area (TPSA) is 45.6 Å². The number of benzene rings is 2. The Kier molecular flexibility index (Phi) is 5.45. The van der Waals surface area contributed by atoms with Gasteiger partial charge >= 0.3 is 0 Å². The Bertz CT molecular complexity index is 1010. The maximum atomic E-state index is 11.4. The van der Waals surface area contributed by atoms with Crippen LogP contribution in [0.5, 0.6) is 5.75 Å². The molecule has 3 fully saturated rings. The number of hydrogen-bond donors (Lipinski definition) is 1. The molecule has 0 radical (unpaired) electrons. The average Bonchev–Trinajstić information content (AvgIpc) is 2.82. The van der Waals surface area contributed by atoms with Crippen molar-refractivity contribution in [3.63, 3.8) is 0 Å². The second-order valence-corrected chi connectivity index (χ2v) is 8.81. The van der Waals surface area contributed by atoms with Gasteiger partial charge in [-0.3, -0.25) is 9.88 Å². The number of nitrogens with zero attached hydrogens (tertiary/aromatic N) is 2. The molecular weight excluding hydrogens is 372 g/mol. The summed E-state index contributed by atoms with van der Waals surface area (Å²) in [5.74, 6) is 2.34. The van der Waals surface area contributed by atoms with Gasteiger partial charge in [-0.1, -0.05) is 43.7 Å². The van der Waals surface area contributed by atoms with Crippen LogP contribution in [0.15, 0.2) is 60.8 Å². The zero-order valence-corrected chi connectivity index (χ0v) is 17.6. The molecule has 3 saturated heterocycles. The molecule has 1 N–H and O–H groups in total. The molecule has 1 aromatic heterocycles. The van der Waals surface area contributed by atoms with Gasteiger partial charge < -0.3 is 9.84 Å². The number of aliphatic hydroxyl groups excluding tert-OH is 1. The number of aliphatic hydroxyl groups is 1. The van der Waals surface area contributed by atoms with Crippen LogP contribution in [0.25, 0.3) is 10.9 Å². The van der Waals surface area contributed by atoms with Crippen molar-refractivity contribution >= 4 is 10.9 Å². The molecule has 5 atom stereocenters. The number of hydrogen-bond acceptors (Lipinski definition) is 4. The van der Waals surface area contributed by atoms with Gasteiger partial charge in [0.2, 0.25) is 0 Å². The van der Waals surface area contributed by atoms with E-state index in [-0.39, 0.29) is 6.04 Å². The largest absolute Gasteiger partial charge is 0.489 e. The maximum absolute atomic E-state index is 11.4. The standard InChI is InChI=1S/C26H30N2O2/c1-2-19-16-28-13-11-20(19)14-25(28)26(29)22-10-12-27-24-9-8-21(15-23(22)24)30-17-18-6-4-3-5-7-18/h3-10,12,15,19-20,25-26,29H,2,11,13-14,16-17H2,1H3/t19-,20-,25-,26+/m0/s1. The molecule has 0 amide bonds. The van der Waals surface area contributed by atoms with Crippen LogP contribution in [-0.4, -0.2) is 34.1 Å². The Morgan fingerprint density at radius 3 is 2.80 bits per heavy atom. The van der Waals surface area contributed by atoms with Crippen LogP contribution in [-0.2, 0) is 6.61 Å². The van der Waals surface area contributed by atoms with Crippen LogP contribution in [0.2, 0.25) is 0 Å². The van der Waals surface area contributed by atoms with Gasteiger partial charge in [-0.05, 0) is 66.6 Å². The first-order valence-electron chi connectivity index (χ1n) is 11.2. The number of rotatable bonds is 6. The van der Waals surface area contributed by atoms with Gasteiger partial charge in [0.25, 0.3) is 0 Å². The number of pyridine rings is 1. The molecular formula is C26H30N2O2. The minimum absolute atomic E-state index is 0.200. The molecule has 1 unspecified atom stereocenters. The molecule has 0 saturated carbocycles. The molecule has 3 aromatic rings. The van der Waals surface area contributed by atoms with Gasteiger partial charge in [0, 0.05) is 24.2 Å². The van der Waals surface area contributed by atoms with Gasteiger partial charge in [0.1, 0.15) is 12.4 Å². The summed E-state index contributed by atoms with van der Waals surface area (Å²) in [6.45, 7) is 5.06. The zero-order valence-electron chi connectivity index (χ0n) is 17.6. The van der Waals surface area contributed by atoms with E-state index in [0.29, 0.717) is 6.61 Å². The number of aromatic nitrogens is 1. The van der Waals surface area contributed by atoms with E-state index in [1.54, 1.807) is 0 Å². The normalized spacial score (nSPS) is 26.6. The van der Waals surface area contributed by atoms with E-state index in [1.165, 1.54) is 12.8 Å². The minimum Gasteiger partial charge on any atom is -0.489 e. The van der Waals surface area contributed by atoms with Crippen molar-refractivity contribution < 1.29 is 9.84 Å². The predicted molar refractivity (Wildman–Crippen MR) is 119 cm³/mol. The van der Waals surface area contributed by atoms with E-state index in [1.807, 2.05) is 48.7 Å². The highest BCUT2D eigenvalue weighted by Gasteiger charge is 2.42. The lowest BCUT2D eigenvalue weighted by Gasteiger charge is -2.51. The Balaban J connectivity index is 1.40. The summed E-state index contributed by atoms with van der Waals surface area (Å²) in [5.41, 5.74) is 3.01. The fourth-order valence-corrected chi connectivity index (χ4v) is 5.41. The Hall–Kier alpha value is -2.43. The van der Waals surface area contributed by atoms with Gasteiger partial charge in [0.05, 0.1) is 11.6 Å². The summed E-state index contributed by atoms with van der Waals surface area (Å²) in [5, 5.41) is 12.4. The lowest BCUT2D eigenvalue weighted by atomic mass is 9.72. The molecule has 2 aromatic carbocycles. The predicted octanol–water partition coefficient (Wildman–Crippen LogP) is 4.97. The quantitative estimate of drug-likeness (QED) is 0.632. The highest BCUT2D eigenvalue weighted by atomic mass is 16.5. The molecule has 0 aliphatic carbocycles. The fourth-order valence-electron chi connectivity index (χ4n) is 5.41. The van der Waals surface area contributed by atoms with Gasteiger partial charge in [-0.15, -0.1) is 0 Å². The van der Waals surface area contributed by atoms with E-state index < -0.39 is 6.10 Å². The highest BCUT2D eigenvalue weighted by Crippen LogP contribution is 2.42. The smallest absolute Gasteiger partial charge is 0.120 e. The third-order valence-electron chi connectivity index (χ3n) is 7.14. The Labute approximate surface area is 178 Å². The third kappa shape index (κ3) is 3.70. The number of fused-ring (bicyclic) bond motifs is 4. The number of piperidine rings is 3. The number of ether oxygens (including phenoxy) is 1. The van der Waals surface area contributed by atoms with Crippen LogP contribution in [0.4, 0.5) is 0 Å². The lowest BCUT2D eigenvalue weighted by molar-refractivity contribution is -0.0562. The first kappa shape index (κ1) is 19.5. The molecule has 2 bridgehead atoms. The monoisotopic (exact) mass is 402 g/mol. The van der Waals surface area contributed by atoms with Crippen molar-refractivity contribution in [3.05, 3.63) is 71.9 Å². The molecule has 3 aliphatic rings. The van der Waals surface area contributed by atoms with Crippen molar-refractivity contribution in [1.82, 2.24) is 9.88 Å². The molecule has 3 aliphatic heterocycles. The summed E-state index contributed by atoms with van der Waals surface area (Å²) >= 11 is 0. The maximum Gasteiger partial charge on any atom is 0.120 e. The van der Waals surface area contributed by atoms with Crippen molar-refractivity contribution in [1.29, 1.82) is 0 Å². The first-order valence-corrected chi connectivity index (χ1v) is 11.2. The fraction of sp³-hybridized carbons (Fsp3) is 0.423. The summed E-state index contributed by atoms with van der Waals surface area (Å²) in [6.07, 6.45) is 4.92. The van der Waals surface area contributed by atoms with Crippen LogP contribution >= 0.6 is 0 Å². The van der Waals surface area contributed by atoms with Crippen LogP contribution < -0.4 is 4.74 Å². The van der Waals surface area contributed by atoms with Crippen molar-refractivity contribution in [3.8, 4) is 5.75 Å². The second-order valence-electron chi connectivity index (χ2n) is 8.81. The second kappa shape index (κ2) is 8.37. The molecule has 6 rings (SSSR count). The van der Waals surface area contributed by atoms with Crippen LogP contribution in [0.3, 0.4) is 0 Å². The van der Waals surface area contributed by atoms with E-state index in [0.717, 1.165) is 59.1 Å². The summed E-state index contributed by atoms with van der Waals surface area (Å²) in [7, 11) is 0. The van der Waals surface area contributed by atoms with Gasteiger partial charge in [-0.25, -0.2) is 0 Å². The molecule has 4 nitrogen and oxygen atoms in total. The summed E-state index contributed by atoms with van der Waals surface area (Å²) in [6, 6.07) is 18.4. The highest BCUT2D eigenvalue weighted by molar-refractivity contribution is 5.84.